The number of amides is 1. The van der Waals surface area contributed by atoms with Gasteiger partial charge in [0.1, 0.15) is 5.82 Å². The van der Waals surface area contributed by atoms with E-state index < -0.39 is 0 Å². The van der Waals surface area contributed by atoms with Crippen LogP contribution in [0.2, 0.25) is 0 Å². The molecule has 0 spiro atoms. The van der Waals surface area contributed by atoms with Crippen LogP contribution in [0.3, 0.4) is 0 Å². The van der Waals surface area contributed by atoms with E-state index in [4.69, 9.17) is 4.74 Å². The van der Waals surface area contributed by atoms with Crippen molar-refractivity contribution in [2.75, 3.05) is 43.5 Å². The van der Waals surface area contributed by atoms with Crippen LogP contribution >= 0.6 is 0 Å². The average Bonchev–Trinajstić information content (AvgIpc) is 3.08. The van der Waals surface area contributed by atoms with Crippen LogP contribution in [0.4, 0.5) is 11.8 Å². The van der Waals surface area contributed by atoms with Gasteiger partial charge in [-0.2, -0.15) is 4.98 Å². The second kappa shape index (κ2) is 7.40. The lowest BCUT2D eigenvalue weighted by Gasteiger charge is -2.23. The number of rotatable bonds is 5. The first kappa shape index (κ1) is 15.0. The SMILES string of the molecule is O=C(CNc1nccc(NC2CCCOC2)n1)N1CCCC1. The fourth-order valence-electron chi connectivity index (χ4n) is 2.82. The number of nitrogens with one attached hydrogen (secondary N) is 2. The Bertz CT molecular complexity index is 498. The van der Waals surface area contributed by atoms with E-state index in [0.717, 1.165) is 51.2 Å². The molecule has 2 N–H and O–H groups in total. The summed E-state index contributed by atoms with van der Waals surface area (Å²) in [6.07, 6.45) is 6.05. The van der Waals surface area contributed by atoms with Gasteiger partial charge in [-0.3, -0.25) is 4.79 Å². The molecule has 0 bridgehead atoms. The van der Waals surface area contributed by atoms with Crippen molar-refractivity contribution in [1.29, 1.82) is 0 Å². The smallest absolute Gasteiger partial charge is 0.241 e. The maximum Gasteiger partial charge on any atom is 0.241 e. The Morgan fingerprint density at radius 1 is 1.36 bits per heavy atom. The van der Waals surface area contributed by atoms with Crippen molar-refractivity contribution in [3.8, 4) is 0 Å². The minimum atomic E-state index is 0.111. The Hall–Kier alpha value is -1.89. The number of carbonyl (C=O) groups excluding carboxylic acids is 1. The molecule has 22 heavy (non-hydrogen) atoms. The zero-order chi connectivity index (χ0) is 15.2. The average molecular weight is 305 g/mol. The second-order valence-electron chi connectivity index (χ2n) is 5.77. The Labute approximate surface area is 130 Å². The summed E-state index contributed by atoms with van der Waals surface area (Å²) in [6, 6.07) is 2.13. The van der Waals surface area contributed by atoms with E-state index in [-0.39, 0.29) is 12.5 Å². The Kier molecular flexibility index (Phi) is 5.05. The second-order valence-corrected chi connectivity index (χ2v) is 5.77. The van der Waals surface area contributed by atoms with Crippen molar-refractivity contribution in [2.45, 2.75) is 31.7 Å². The largest absolute Gasteiger partial charge is 0.379 e. The van der Waals surface area contributed by atoms with Crippen LogP contribution in [0.15, 0.2) is 12.3 Å². The van der Waals surface area contributed by atoms with Crippen LogP contribution < -0.4 is 10.6 Å². The molecule has 0 aliphatic carbocycles. The van der Waals surface area contributed by atoms with Gasteiger partial charge in [0.2, 0.25) is 11.9 Å². The summed E-state index contributed by atoms with van der Waals surface area (Å²) < 4.78 is 5.45. The minimum absolute atomic E-state index is 0.111. The van der Waals surface area contributed by atoms with Crippen LogP contribution in [0.5, 0.6) is 0 Å². The maximum absolute atomic E-state index is 12.0. The molecule has 1 aromatic heterocycles. The van der Waals surface area contributed by atoms with Crippen molar-refractivity contribution in [3.63, 3.8) is 0 Å². The summed E-state index contributed by atoms with van der Waals surface area (Å²) in [5.74, 6) is 1.36. The minimum Gasteiger partial charge on any atom is -0.379 e. The first-order valence-corrected chi connectivity index (χ1v) is 8.00. The molecule has 3 heterocycles. The molecule has 0 radical (unpaired) electrons. The standard InChI is InChI=1S/C15H23N5O2/c21-14(20-7-1-2-8-20)10-17-15-16-6-5-13(19-15)18-12-4-3-9-22-11-12/h5-6,12H,1-4,7-11H2,(H2,16,17,18,19). The van der Waals surface area contributed by atoms with Gasteiger partial charge in [0.25, 0.3) is 0 Å². The molecule has 3 rings (SSSR count). The first-order valence-electron chi connectivity index (χ1n) is 8.00. The lowest BCUT2D eigenvalue weighted by Crippen LogP contribution is -2.33. The Morgan fingerprint density at radius 2 is 2.23 bits per heavy atom. The lowest BCUT2D eigenvalue weighted by molar-refractivity contribution is -0.128. The zero-order valence-corrected chi connectivity index (χ0v) is 12.8. The van der Waals surface area contributed by atoms with Crippen LogP contribution in [0.25, 0.3) is 0 Å². The normalized spacial score (nSPS) is 21.6. The highest BCUT2D eigenvalue weighted by molar-refractivity contribution is 5.80. The van der Waals surface area contributed by atoms with Crippen LogP contribution in [0, 0.1) is 0 Å². The Balaban J connectivity index is 1.50. The van der Waals surface area contributed by atoms with Gasteiger partial charge in [0, 0.05) is 25.9 Å². The summed E-state index contributed by atoms with van der Waals surface area (Å²) in [5, 5.41) is 6.37. The third-order valence-electron chi connectivity index (χ3n) is 4.02. The molecule has 2 aliphatic heterocycles. The summed E-state index contributed by atoms with van der Waals surface area (Å²) in [5.41, 5.74) is 0. The van der Waals surface area contributed by atoms with Crippen molar-refractivity contribution < 1.29 is 9.53 Å². The van der Waals surface area contributed by atoms with Gasteiger partial charge in [0.05, 0.1) is 19.2 Å². The van der Waals surface area contributed by atoms with E-state index in [2.05, 4.69) is 20.6 Å². The van der Waals surface area contributed by atoms with Crippen LogP contribution in [-0.4, -0.2) is 59.7 Å². The molecule has 1 aromatic rings. The van der Waals surface area contributed by atoms with E-state index >= 15 is 0 Å². The molecule has 1 atom stereocenters. The van der Waals surface area contributed by atoms with E-state index in [1.54, 1.807) is 6.20 Å². The number of nitrogens with zero attached hydrogens (tertiary/aromatic N) is 3. The lowest BCUT2D eigenvalue weighted by atomic mass is 10.1. The fraction of sp³-hybridized carbons (Fsp3) is 0.667. The third-order valence-corrected chi connectivity index (χ3v) is 4.02. The third kappa shape index (κ3) is 4.07. The zero-order valence-electron chi connectivity index (χ0n) is 12.8. The number of ether oxygens (including phenoxy) is 1. The summed E-state index contributed by atoms with van der Waals surface area (Å²) >= 11 is 0. The van der Waals surface area contributed by atoms with Gasteiger partial charge in [-0.25, -0.2) is 4.98 Å². The van der Waals surface area contributed by atoms with Gasteiger partial charge in [-0.05, 0) is 31.7 Å². The molecular weight excluding hydrogens is 282 g/mol. The highest BCUT2D eigenvalue weighted by atomic mass is 16.5. The summed E-state index contributed by atoms with van der Waals surface area (Å²) in [6.45, 7) is 3.53. The van der Waals surface area contributed by atoms with Gasteiger partial charge in [-0.15, -0.1) is 0 Å². The van der Waals surface area contributed by atoms with Crippen molar-refractivity contribution in [2.24, 2.45) is 0 Å². The summed E-state index contributed by atoms with van der Waals surface area (Å²) in [4.78, 5) is 22.5. The predicted molar refractivity (Wildman–Crippen MR) is 83.8 cm³/mol. The molecule has 2 saturated heterocycles. The molecule has 1 amide bonds. The van der Waals surface area contributed by atoms with Gasteiger partial charge in [-0.1, -0.05) is 0 Å². The van der Waals surface area contributed by atoms with Crippen LogP contribution in [-0.2, 0) is 9.53 Å². The topological polar surface area (TPSA) is 79.4 Å². The van der Waals surface area contributed by atoms with Gasteiger partial charge >= 0.3 is 0 Å². The van der Waals surface area contributed by atoms with E-state index in [0.29, 0.717) is 18.6 Å². The molecular formula is C15H23N5O2. The molecule has 2 fully saturated rings. The van der Waals surface area contributed by atoms with Crippen LogP contribution in [0.1, 0.15) is 25.7 Å². The molecule has 120 valence electrons. The number of aromatic nitrogens is 2. The number of hydrogen-bond acceptors (Lipinski definition) is 6. The molecule has 1 unspecified atom stereocenters. The quantitative estimate of drug-likeness (QED) is 0.848. The van der Waals surface area contributed by atoms with Gasteiger partial charge < -0.3 is 20.3 Å². The van der Waals surface area contributed by atoms with E-state index in [1.807, 2.05) is 11.0 Å². The number of likely N-dealkylation sites (tertiary alicyclic amines) is 1. The van der Waals surface area contributed by atoms with Gasteiger partial charge in [0.15, 0.2) is 0 Å². The number of anilines is 2. The van der Waals surface area contributed by atoms with Crippen molar-refractivity contribution in [3.05, 3.63) is 12.3 Å². The number of hydrogen-bond donors (Lipinski definition) is 2. The maximum atomic E-state index is 12.0. The number of carbonyl (C=O) groups is 1. The fourth-order valence-corrected chi connectivity index (χ4v) is 2.82. The van der Waals surface area contributed by atoms with Crippen molar-refractivity contribution >= 4 is 17.7 Å². The van der Waals surface area contributed by atoms with Crippen molar-refractivity contribution in [1.82, 2.24) is 14.9 Å². The molecule has 0 aromatic carbocycles. The molecule has 7 nitrogen and oxygen atoms in total. The predicted octanol–water partition coefficient (Wildman–Crippen LogP) is 1.10. The highest BCUT2D eigenvalue weighted by Crippen LogP contribution is 2.13. The monoisotopic (exact) mass is 305 g/mol. The molecule has 7 heteroatoms. The van der Waals surface area contributed by atoms with E-state index in [1.165, 1.54) is 0 Å². The molecule has 0 saturated carbocycles. The first-order chi connectivity index (χ1) is 10.8. The highest BCUT2D eigenvalue weighted by Gasteiger charge is 2.18. The molecule has 2 aliphatic rings. The Morgan fingerprint density at radius 3 is 3.00 bits per heavy atom. The van der Waals surface area contributed by atoms with E-state index in [9.17, 15) is 4.79 Å². The summed E-state index contributed by atoms with van der Waals surface area (Å²) in [7, 11) is 0.